The number of rotatable bonds is 3. The molecule has 0 amide bonds. The zero-order chi connectivity index (χ0) is 13.2. The van der Waals surface area contributed by atoms with Crippen molar-refractivity contribution >= 4 is 21.7 Å². The van der Waals surface area contributed by atoms with Crippen molar-refractivity contribution in [1.82, 2.24) is 5.32 Å². The predicted octanol–water partition coefficient (Wildman–Crippen LogP) is 3.09. The van der Waals surface area contributed by atoms with Gasteiger partial charge in [-0.15, -0.1) is 0 Å². The van der Waals surface area contributed by atoms with Crippen LogP contribution in [0.4, 0.5) is 4.39 Å². The largest absolute Gasteiger partial charge is 0.317 e. The highest BCUT2D eigenvalue weighted by Crippen LogP contribution is 2.31. The highest BCUT2D eigenvalue weighted by molar-refractivity contribution is 9.10. The molecule has 1 aromatic rings. The Morgan fingerprint density at radius 1 is 1.44 bits per heavy atom. The minimum absolute atomic E-state index is 0.204. The standard InChI is InChI=1S/C14H17BrFNO/c1-14(4-6-17-7-5-14)13(18)9-10-8-11(16)2-3-12(10)15/h2-3,8,17H,4-7,9H2,1H3. The first-order valence-corrected chi connectivity index (χ1v) is 6.98. The van der Waals surface area contributed by atoms with Gasteiger partial charge in [-0.3, -0.25) is 4.79 Å². The van der Waals surface area contributed by atoms with E-state index in [1.54, 1.807) is 6.07 Å². The normalized spacial score (nSPS) is 18.6. The second-order valence-corrected chi connectivity index (χ2v) is 6.00. The van der Waals surface area contributed by atoms with Gasteiger partial charge in [0.1, 0.15) is 11.6 Å². The van der Waals surface area contributed by atoms with E-state index in [1.807, 2.05) is 6.92 Å². The molecule has 0 bridgehead atoms. The number of nitrogens with one attached hydrogen (secondary N) is 1. The summed E-state index contributed by atoms with van der Waals surface area (Å²) in [6.45, 7) is 3.78. The fourth-order valence-corrected chi connectivity index (χ4v) is 2.71. The van der Waals surface area contributed by atoms with Crippen molar-refractivity contribution in [3.05, 3.63) is 34.1 Å². The quantitative estimate of drug-likeness (QED) is 0.929. The Hall–Kier alpha value is -0.740. The van der Waals surface area contributed by atoms with Gasteiger partial charge in [0.2, 0.25) is 0 Å². The Bertz CT molecular complexity index is 455. The molecule has 4 heteroatoms. The van der Waals surface area contributed by atoms with Crippen molar-refractivity contribution in [2.75, 3.05) is 13.1 Å². The van der Waals surface area contributed by atoms with E-state index in [0.717, 1.165) is 36.0 Å². The summed E-state index contributed by atoms with van der Waals surface area (Å²) >= 11 is 3.37. The van der Waals surface area contributed by atoms with Crippen molar-refractivity contribution in [2.45, 2.75) is 26.2 Å². The molecule has 2 rings (SSSR count). The van der Waals surface area contributed by atoms with Crippen molar-refractivity contribution in [2.24, 2.45) is 5.41 Å². The molecule has 0 aromatic heterocycles. The van der Waals surface area contributed by atoms with Crippen molar-refractivity contribution in [3.63, 3.8) is 0 Å². The second-order valence-electron chi connectivity index (χ2n) is 5.15. The average Bonchev–Trinajstić information content (AvgIpc) is 2.35. The Morgan fingerprint density at radius 3 is 2.78 bits per heavy atom. The van der Waals surface area contributed by atoms with Crippen LogP contribution in [0, 0.1) is 11.2 Å². The lowest BCUT2D eigenvalue weighted by Gasteiger charge is -2.32. The van der Waals surface area contributed by atoms with Gasteiger partial charge in [0, 0.05) is 16.3 Å². The number of benzene rings is 1. The topological polar surface area (TPSA) is 29.1 Å². The van der Waals surface area contributed by atoms with Gasteiger partial charge >= 0.3 is 0 Å². The lowest BCUT2D eigenvalue weighted by atomic mass is 9.75. The van der Waals surface area contributed by atoms with Gasteiger partial charge in [0.05, 0.1) is 0 Å². The molecule has 1 saturated heterocycles. The zero-order valence-electron chi connectivity index (χ0n) is 10.4. The first kappa shape index (κ1) is 13.7. The van der Waals surface area contributed by atoms with Crippen molar-refractivity contribution in [3.8, 4) is 0 Å². The summed E-state index contributed by atoms with van der Waals surface area (Å²) in [6.07, 6.45) is 2.02. The molecule has 2 nitrogen and oxygen atoms in total. The summed E-state index contributed by atoms with van der Waals surface area (Å²) in [5.41, 5.74) is 0.469. The van der Waals surface area contributed by atoms with Crippen LogP contribution in [0.1, 0.15) is 25.3 Å². The molecule has 1 N–H and O–H groups in total. The van der Waals surface area contributed by atoms with E-state index >= 15 is 0 Å². The number of hydrogen-bond donors (Lipinski definition) is 1. The van der Waals surface area contributed by atoms with Gasteiger partial charge in [0.25, 0.3) is 0 Å². The molecular formula is C14H17BrFNO. The number of piperidine rings is 1. The van der Waals surface area contributed by atoms with Gasteiger partial charge in [0.15, 0.2) is 0 Å². The summed E-state index contributed by atoms with van der Waals surface area (Å²) in [7, 11) is 0. The van der Waals surface area contributed by atoms with Crippen LogP contribution in [0.2, 0.25) is 0 Å². The average molecular weight is 314 g/mol. The smallest absolute Gasteiger partial charge is 0.143 e. The van der Waals surface area contributed by atoms with Crippen molar-refractivity contribution < 1.29 is 9.18 Å². The number of hydrogen-bond acceptors (Lipinski definition) is 2. The summed E-state index contributed by atoms with van der Waals surface area (Å²) < 4.78 is 14.0. The van der Waals surface area contributed by atoms with Crippen LogP contribution in [0.5, 0.6) is 0 Å². The van der Waals surface area contributed by atoms with E-state index in [-0.39, 0.29) is 17.0 Å². The Balaban J connectivity index is 2.13. The summed E-state index contributed by atoms with van der Waals surface area (Å²) in [5, 5.41) is 3.26. The fraction of sp³-hybridized carbons (Fsp3) is 0.500. The molecule has 1 heterocycles. The van der Waals surface area contributed by atoms with Crippen LogP contribution in [0.15, 0.2) is 22.7 Å². The van der Waals surface area contributed by atoms with Gasteiger partial charge in [-0.05, 0) is 49.7 Å². The molecule has 18 heavy (non-hydrogen) atoms. The number of Topliss-reactive ketones (excluding diaryl/α,β-unsaturated/α-hetero) is 1. The SMILES string of the molecule is CC1(C(=O)Cc2cc(F)ccc2Br)CCNCC1. The third kappa shape index (κ3) is 2.98. The van der Waals surface area contributed by atoms with Crippen LogP contribution in [0.25, 0.3) is 0 Å². The molecule has 1 aromatic carbocycles. The van der Waals surface area contributed by atoms with E-state index < -0.39 is 0 Å². The number of carbonyl (C=O) groups excluding carboxylic acids is 1. The molecule has 1 fully saturated rings. The van der Waals surface area contributed by atoms with Crippen LogP contribution in [0.3, 0.4) is 0 Å². The molecule has 1 aliphatic rings. The van der Waals surface area contributed by atoms with Gasteiger partial charge in [-0.1, -0.05) is 22.9 Å². The minimum Gasteiger partial charge on any atom is -0.317 e. The summed E-state index contributed by atoms with van der Waals surface area (Å²) in [6, 6.07) is 4.49. The first-order chi connectivity index (χ1) is 8.51. The van der Waals surface area contributed by atoms with E-state index in [2.05, 4.69) is 21.2 Å². The molecule has 0 saturated carbocycles. The molecular weight excluding hydrogens is 297 g/mol. The Kier molecular flexibility index (Phi) is 4.17. The van der Waals surface area contributed by atoms with Gasteiger partial charge in [-0.2, -0.15) is 0 Å². The highest BCUT2D eigenvalue weighted by Gasteiger charge is 2.34. The lowest BCUT2D eigenvalue weighted by molar-refractivity contribution is -0.128. The minimum atomic E-state index is -0.295. The highest BCUT2D eigenvalue weighted by atomic mass is 79.9. The maximum absolute atomic E-state index is 13.2. The zero-order valence-corrected chi connectivity index (χ0v) is 12.0. The second kappa shape index (κ2) is 5.49. The lowest BCUT2D eigenvalue weighted by Crippen LogP contribution is -2.40. The molecule has 98 valence electrons. The predicted molar refractivity (Wildman–Crippen MR) is 73.0 cm³/mol. The maximum atomic E-state index is 13.2. The van der Waals surface area contributed by atoms with Crippen LogP contribution in [-0.2, 0) is 11.2 Å². The van der Waals surface area contributed by atoms with Crippen LogP contribution < -0.4 is 5.32 Å². The molecule has 1 aliphatic heterocycles. The molecule has 0 unspecified atom stereocenters. The van der Waals surface area contributed by atoms with E-state index in [1.165, 1.54) is 12.1 Å². The van der Waals surface area contributed by atoms with E-state index in [9.17, 15) is 9.18 Å². The number of carbonyl (C=O) groups is 1. The van der Waals surface area contributed by atoms with Gasteiger partial charge < -0.3 is 5.32 Å². The third-order valence-corrected chi connectivity index (χ3v) is 4.51. The van der Waals surface area contributed by atoms with Crippen molar-refractivity contribution in [1.29, 1.82) is 0 Å². The fourth-order valence-electron chi connectivity index (χ4n) is 2.32. The molecule has 0 aliphatic carbocycles. The Labute approximate surface area is 115 Å². The van der Waals surface area contributed by atoms with Gasteiger partial charge in [-0.25, -0.2) is 4.39 Å². The van der Waals surface area contributed by atoms with E-state index in [4.69, 9.17) is 0 Å². The van der Waals surface area contributed by atoms with Crippen LogP contribution in [-0.4, -0.2) is 18.9 Å². The monoisotopic (exact) mass is 313 g/mol. The van der Waals surface area contributed by atoms with Crippen LogP contribution >= 0.6 is 15.9 Å². The summed E-state index contributed by atoms with van der Waals surface area (Å²) in [5.74, 6) is -0.0910. The molecule has 0 atom stereocenters. The third-order valence-electron chi connectivity index (χ3n) is 3.74. The molecule has 0 spiro atoms. The maximum Gasteiger partial charge on any atom is 0.143 e. The summed E-state index contributed by atoms with van der Waals surface area (Å²) in [4.78, 5) is 12.4. The first-order valence-electron chi connectivity index (χ1n) is 6.19. The number of ketones is 1. The molecule has 0 radical (unpaired) electrons. The Morgan fingerprint density at radius 2 is 2.11 bits per heavy atom. The van der Waals surface area contributed by atoms with E-state index in [0.29, 0.717) is 6.42 Å². The number of halogens is 2.